The third-order valence-electron chi connectivity index (χ3n) is 3.75. The summed E-state index contributed by atoms with van der Waals surface area (Å²) in [6, 6.07) is 19.5. The van der Waals surface area contributed by atoms with Gasteiger partial charge in [0.2, 0.25) is 0 Å². The van der Waals surface area contributed by atoms with E-state index in [4.69, 9.17) is 4.74 Å². The van der Waals surface area contributed by atoms with Crippen LogP contribution in [-0.4, -0.2) is 12.0 Å². The van der Waals surface area contributed by atoms with E-state index in [0.29, 0.717) is 17.9 Å². The van der Waals surface area contributed by atoms with Gasteiger partial charge in [-0.2, -0.15) is 0 Å². The number of hydrogen-bond donors (Lipinski definition) is 1. The highest BCUT2D eigenvalue weighted by Gasteiger charge is 2.18. The molecule has 0 aliphatic rings. The van der Waals surface area contributed by atoms with Crippen LogP contribution in [0.1, 0.15) is 13.3 Å². The summed E-state index contributed by atoms with van der Waals surface area (Å²) in [5.41, 5.74) is 0.417. The lowest BCUT2D eigenvalue weighted by molar-refractivity contribution is -0.122. The average molecular weight is 323 g/mol. The molecule has 0 bridgehead atoms. The second kappa shape index (κ2) is 7.13. The van der Waals surface area contributed by atoms with Crippen molar-refractivity contribution >= 4 is 22.4 Å². The van der Waals surface area contributed by atoms with Crippen molar-refractivity contribution in [3.8, 4) is 5.75 Å². The van der Waals surface area contributed by atoms with Crippen LogP contribution in [0.3, 0.4) is 0 Å². The predicted molar refractivity (Wildman–Crippen MR) is 93.7 cm³/mol. The molecule has 0 aliphatic heterocycles. The number of ether oxygens (including phenoxy) is 1. The van der Waals surface area contributed by atoms with Gasteiger partial charge < -0.3 is 10.1 Å². The SMILES string of the molecule is CC[C@@H](Oc1ccc2ccccc2c1)C(=O)Nc1cccc(F)c1. The zero-order valence-electron chi connectivity index (χ0n) is 13.3. The van der Waals surface area contributed by atoms with E-state index < -0.39 is 11.9 Å². The molecule has 0 unspecified atom stereocenters. The Kier molecular flexibility index (Phi) is 4.75. The van der Waals surface area contributed by atoms with Crippen LogP contribution in [0, 0.1) is 5.82 Å². The Labute approximate surface area is 140 Å². The summed E-state index contributed by atoms with van der Waals surface area (Å²) in [5.74, 6) is -0.0532. The molecule has 3 rings (SSSR count). The maximum atomic E-state index is 13.2. The Morgan fingerprint density at radius 1 is 1.04 bits per heavy atom. The Bertz CT molecular complexity index is 863. The summed E-state index contributed by atoms with van der Waals surface area (Å²) >= 11 is 0. The lowest BCUT2D eigenvalue weighted by atomic mass is 10.1. The second-order valence-corrected chi connectivity index (χ2v) is 5.52. The van der Waals surface area contributed by atoms with Gasteiger partial charge >= 0.3 is 0 Å². The normalized spacial score (nSPS) is 11.9. The highest BCUT2D eigenvalue weighted by Crippen LogP contribution is 2.22. The minimum Gasteiger partial charge on any atom is -0.481 e. The molecule has 1 N–H and O–H groups in total. The molecule has 0 aliphatic carbocycles. The third-order valence-corrected chi connectivity index (χ3v) is 3.75. The molecule has 0 radical (unpaired) electrons. The van der Waals surface area contributed by atoms with Crippen LogP contribution < -0.4 is 10.1 Å². The highest BCUT2D eigenvalue weighted by atomic mass is 19.1. The summed E-state index contributed by atoms with van der Waals surface area (Å²) in [6.45, 7) is 1.87. The van der Waals surface area contributed by atoms with Crippen LogP contribution in [0.2, 0.25) is 0 Å². The molecule has 0 spiro atoms. The topological polar surface area (TPSA) is 38.3 Å². The molecule has 1 atom stereocenters. The summed E-state index contributed by atoms with van der Waals surface area (Å²) in [4.78, 5) is 12.4. The van der Waals surface area contributed by atoms with Crippen molar-refractivity contribution < 1.29 is 13.9 Å². The Balaban J connectivity index is 1.74. The number of nitrogens with one attached hydrogen (secondary N) is 1. The van der Waals surface area contributed by atoms with Crippen LogP contribution in [0.25, 0.3) is 10.8 Å². The third kappa shape index (κ3) is 3.71. The van der Waals surface area contributed by atoms with Gasteiger partial charge in [0, 0.05) is 5.69 Å². The van der Waals surface area contributed by atoms with Gasteiger partial charge in [-0.25, -0.2) is 4.39 Å². The van der Waals surface area contributed by atoms with Crippen LogP contribution in [0.5, 0.6) is 5.75 Å². The number of anilines is 1. The molecule has 3 aromatic carbocycles. The molecule has 0 fully saturated rings. The fourth-order valence-corrected chi connectivity index (χ4v) is 2.52. The average Bonchev–Trinajstić information content (AvgIpc) is 2.59. The van der Waals surface area contributed by atoms with Gasteiger partial charge in [0.05, 0.1) is 0 Å². The van der Waals surface area contributed by atoms with Crippen molar-refractivity contribution in [2.75, 3.05) is 5.32 Å². The fraction of sp³-hybridized carbons (Fsp3) is 0.150. The molecule has 0 saturated carbocycles. The molecular weight excluding hydrogens is 305 g/mol. The smallest absolute Gasteiger partial charge is 0.265 e. The Hall–Kier alpha value is -2.88. The maximum Gasteiger partial charge on any atom is 0.265 e. The first kappa shape index (κ1) is 16.0. The monoisotopic (exact) mass is 323 g/mol. The van der Waals surface area contributed by atoms with Gasteiger partial charge in [-0.05, 0) is 47.5 Å². The number of rotatable bonds is 5. The molecule has 0 heterocycles. The number of fused-ring (bicyclic) bond motifs is 1. The molecule has 4 heteroatoms. The van der Waals surface area contributed by atoms with Crippen molar-refractivity contribution in [3.05, 3.63) is 72.5 Å². The maximum absolute atomic E-state index is 13.2. The van der Waals surface area contributed by atoms with Crippen LogP contribution in [0.4, 0.5) is 10.1 Å². The molecule has 3 nitrogen and oxygen atoms in total. The van der Waals surface area contributed by atoms with Crippen molar-refractivity contribution in [3.63, 3.8) is 0 Å². The Morgan fingerprint density at radius 2 is 1.83 bits per heavy atom. The van der Waals surface area contributed by atoms with Crippen molar-refractivity contribution in [2.24, 2.45) is 0 Å². The molecule has 0 saturated heterocycles. The largest absolute Gasteiger partial charge is 0.481 e. The van der Waals surface area contributed by atoms with Gasteiger partial charge in [0.25, 0.3) is 5.91 Å². The Morgan fingerprint density at radius 3 is 2.58 bits per heavy atom. The highest BCUT2D eigenvalue weighted by molar-refractivity contribution is 5.94. The standard InChI is InChI=1S/C20H18FNO2/c1-2-19(20(23)22-17-9-5-8-16(21)13-17)24-18-11-10-14-6-3-4-7-15(14)12-18/h3-13,19H,2H2,1H3,(H,22,23)/t19-/m1/s1. The van der Waals surface area contributed by atoms with E-state index in [-0.39, 0.29) is 5.91 Å². The molecule has 24 heavy (non-hydrogen) atoms. The first-order valence-corrected chi connectivity index (χ1v) is 7.87. The fourth-order valence-electron chi connectivity index (χ4n) is 2.52. The summed E-state index contributed by atoms with van der Waals surface area (Å²) in [6.07, 6.45) is -0.136. The second-order valence-electron chi connectivity index (χ2n) is 5.52. The van der Waals surface area contributed by atoms with E-state index in [1.807, 2.05) is 49.4 Å². The first-order chi connectivity index (χ1) is 11.7. The van der Waals surface area contributed by atoms with E-state index in [9.17, 15) is 9.18 Å². The van der Waals surface area contributed by atoms with E-state index in [0.717, 1.165) is 10.8 Å². The van der Waals surface area contributed by atoms with Crippen LogP contribution >= 0.6 is 0 Å². The van der Waals surface area contributed by atoms with Crippen molar-refractivity contribution in [1.29, 1.82) is 0 Å². The van der Waals surface area contributed by atoms with E-state index in [2.05, 4.69) is 5.32 Å². The lowest BCUT2D eigenvalue weighted by Crippen LogP contribution is -2.32. The van der Waals surface area contributed by atoms with Gasteiger partial charge in [0.1, 0.15) is 11.6 Å². The molecule has 3 aromatic rings. The molecular formula is C20H18FNO2. The zero-order chi connectivity index (χ0) is 16.9. The van der Waals surface area contributed by atoms with Gasteiger partial charge in [-0.3, -0.25) is 4.79 Å². The zero-order valence-corrected chi connectivity index (χ0v) is 13.3. The van der Waals surface area contributed by atoms with Crippen molar-refractivity contribution in [2.45, 2.75) is 19.4 Å². The quantitative estimate of drug-likeness (QED) is 0.734. The minimum absolute atomic E-state index is 0.295. The number of amides is 1. The number of carbonyl (C=O) groups is 1. The number of hydrogen-bond acceptors (Lipinski definition) is 2. The first-order valence-electron chi connectivity index (χ1n) is 7.87. The summed E-state index contributed by atoms with van der Waals surface area (Å²) in [7, 11) is 0. The van der Waals surface area contributed by atoms with E-state index in [1.54, 1.807) is 12.1 Å². The van der Waals surface area contributed by atoms with Gasteiger partial charge in [-0.1, -0.05) is 43.3 Å². The lowest BCUT2D eigenvalue weighted by Gasteiger charge is -2.17. The predicted octanol–water partition coefficient (Wildman–Crippen LogP) is 4.78. The van der Waals surface area contributed by atoms with Crippen LogP contribution in [0.15, 0.2) is 66.7 Å². The molecule has 0 aromatic heterocycles. The summed E-state index contributed by atoms with van der Waals surface area (Å²) < 4.78 is 19.0. The number of benzene rings is 3. The van der Waals surface area contributed by atoms with Gasteiger partial charge in [0.15, 0.2) is 6.10 Å². The molecule has 122 valence electrons. The van der Waals surface area contributed by atoms with E-state index in [1.165, 1.54) is 12.1 Å². The van der Waals surface area contributed by atoms with E-state index >= 15 is 0 Å². The van der Waals surface area contributed by atoms with Crippen LogP contribution in [-0.2, 0) is 4.79 Å². The van der Waals surface area contributed by atoms with Crippen molar-refractivity contribution in [1.82, 2.24) is 0 Å². The number of halogens is 1. The molecule has 1 amide bonds. The summed E-state index contributed by atoms with van der Waals surface area (Å²) in [5, 5.41) is 4.85. The van der Waals surface area contributed by atoms with Gasteiger partial charge in [-0.15, -0.1) is 0 Å². The number of carbonyl (C=O) groups excluding carboxylic acids is 1. The minimum atomic E-state index is -0.644.